The Morgan fingerprint density at radius 1 is 1.12 bits per heavy atom. The molecule has 2 rings (SSSR count). The number of carbonyl (C=O) groups excluding carboxylic acids is 2. The largest absolute Gasteiger partial charge is 0.493 e. The summed E-state index contributed by atoms with van der Waals surface area (Å²) in [5.41, 5.74) is 5.36. The number of non-ortho nitro benzene ring substituents is 1. The molecule has 0 saturated carbocycles. The van der Waals surface area contributed by atoms with Crippen molar-refractivity contribution in [2.75, 3.05) is 6.61 Å². The van der Waals surface area contributed by atoms with E-state index in [0.29, 0.717) is 5.75 Å². The molecule has 0 aliphatic carbocycles. The lowest BCUT2D eigenvalue weighted by Crippen LogP contribution is -2.42. The zero-order chi connectivity index (χ0) is 18.2. The standard InChI is InChI=1S/C17H17N3O5/c1-12-4-2-7-15(10-12)25-9-8-16(21)18-19-17(22)13-5-3-6-14(11-13)20(23)24/h2-7,10-11H,8-9H2,1H3,(H,18,21)(H,19,22). The van der Waals surface area contributed by atoms with Crippen LogP contribution < -0.4 is 15.6 Å². The molecule has 2 aromatic carbocycles. The summed E-state index contributed by atoms with van der Waals surface area (Å²) in [6.45, 7) is 2.09. The van der Waals surface area contributed by atoms with Crippen molar-refractivity contribution in [1.29, 1.82) is 0 Å². The number of hydrogen-bond donors (Lipinski definition) is 2. The Bertz CT molecular complexity index is 791. The zero-order valence-corrected chi connectivity index (χ0v) is 13.5. The molecule has 0 radical (unpaired) electrons. The van der Waals surface area contributed by atoms with Crippen LogP contribution in [-0.4, -0.2) is 23.3 Å². The van der Waals surface area contributed by atoms with Crippen LogP contribution >= 0.6 is 0 Å². The van der Waals surface area contributed by atoms with E-state index in [4.69, 9.17) is 4.74 Å². The van der Waals surface area contributed by atoms with E-state index in [1.807, 2.05) is 25.1 Å². The van der Waals surface area contributed by atoms with E-state index in [9.17, 15) is 19.7 Å². The molecule has 0 aliphatic heterocycles. The van der Waals surface area contributed by atoms with Gasteiger partial charge in [0.25, 0.3) is 11.6 Å². The fourth-order valence-corrected chi connectivity index (χ4v) is 1.99. The van der Waals surface area contributed by atoms with Crippen LogP contribution in [0, 0.1) is 17.0 Å². The van der Waals surface area contributed by atoms with Gasteiger partial charge in [-0.25, -0.2) is 0 Å². The molecule has 0 unspecified atom stereocenters. The van der Waals surface area contributed by atoms with E-state index in [2.05, 4.69) is 10.9 Å². The predicted octanol–water partition coefficient (Wildman–Crippen LogP) is 2.13. The highest BCUT2D eigenvalue weighted by Gasteiger charge is 2.12. The summed E-state index contributed by atoms with van der Waals surface area (Å²) in [6, 6.07) is 12.6. The molecule has 0 bridgehead atoms. The number of nitro groups is 1. The van der Waals surface area contributed by atoms with Crippen molar-refractivity contribution >= 4 is 17.5 Å². The van der Waals surface area contributed by atoms with E-state index in [1.54, 1.807) is 6.07 Å². The second-order valence-corrected chi connectivity index (χ2v) is 5.22. The van der Waals surface area contributed by atoms with Crippen LogP contribution in [0.2, 0.25) is 0 Å². The first-order chi connectivity index (χ1) is 12.0. The molecule has 0 fully saturated rings. The summed E-state index contributed by atoms with van der Waals surface area (Å²) < 4.78 is 5.44. The Morgan fingerprint density at radius 3 is 2.60 bits per heavy atom. The highest BCUT2D eigenvalue weighted by atomic mass is 16.6. The first-order valence-electron chi connectivity index (χ1n) is 7.49. The highest BCUT2D eigenvalue weighted by Crippen LogP contribution is 2.13. The molecule has 0 atom stereocenters. The first kappa shape index (κ1) is 17.9. The second-order valence-electron chi connectivity index (χ2n) is 5.22. The molecular formula is C17H17N3O5. The van der Waals surface area contributed by atoms with Crippen LogP contribution in [0.3, 0.4) is 0 Å². The van der Waals surface area contributed by atoms with Crippen LogP contribution in [0.15, 0.2) is 48.5 Å². The predicted molar refractivity (Wildman–Crippen MR) is 90.0 cm³/mol. The van der Waals surface area contributed by atoms with Crippen LogP contribution in [-0.2, 0) is 4.79 Å². The lowest BCUT2D eigenvalue weighted by atomic mass is 10.2. The summed E-state index contributed by atoms with van der Waals surface area (Å²) in [5, 5.41) is 10.7. The number of hydrazine groups is 1. The quantitative estimate of drug-likeness (QED) is 0.616. The van der Waals surface area contributed by atoms with E-state index < -0.39 is 16.7 Å². The van der Waals surface area contributed by atoms with Crippen molar-refractivity contribution in [2.45, 2.75) is 13.3 Å². The average Bonchev–Trinajstić information content (AvgIpc) is 2.60. The van der Waals surface area contributed by atoms with E-state index in [1.165, 1.54) is 18.2 Å². The van der Waals surface area contributed by atoms with Gasteiger partial charge in [0.2, 0.25) is 5.91 Å². The van der Waals surface area contributed by atoms with Crippen molar-refractivity contribution in [3.8, 4) is 5.75 Å². The fourth-order valence-electron chi connectivity index (χ4n) is 1.99. The summed E-state index contributed by atoms with van der Waals surface area (Å²) >= 11 is 0. The summed E-state index contributed by atoms with van der Waals surface area (Å²) in [5.74, 6) is -0.420. The van der Waals surface area contributed by atoms with E-state index in [-0.39, 0.29) is 24.3 Å². The molecule has 2 amide bonds. The molecule has 2 aromatic rings. The molecule has 0 heterocycles. The number of benzene rings is 2. The number of amides is 2. The Morgan fingerprint density at radius 2 is 1.88 bits per heavy atom. The van der Waals surface area contributed by atoms with Crippen molar-refractivity contribution in [3.63, 3.8) is 0 Å². The van der Waals surface area contributed by atoms with Gasteiger partial charge in [-0.1, -0.05) is 18.2 Å². The molecular weight excluding hydrogens is 326 g/mol. The minimum Gasteiger partial charge on any atom is -0.493 e. The minimum absolute atomic E-state index is 0.0448. The van der Waals surface area contributed by atoms with E-state index in [0.717, 1.165) is 11.6 Å². The molecule has 25 heavy (non-hydrogen) atoms. The third kappa shape index (κ3) is 5.61. The van der Waals surface area contributed by atoms with Gasteiger partial charge in [-0.3, -0.25) is 30.6 Å². The molecule has 0 spiro atoms. The maximum absolute atomic E-state index is 11.9. The van der Waals surface area contributed by atoms with Crippen LogP contribution in [0.1, 0.15) is 22.3 Å². The molecule has 8 heteroatoms. The van der Waals surface area contributed by atoms with Gasteiger partial charge >= 0.3 is 0 Å². The zero-order valence-electron chi connectivity index (χ0n) is 13.5. The number of nitrogens with one attached hydrogen (secondary N) is 2. The van der Waals surface area contributed by atoms with Gasteiger partial charge in [0.1, 0.15) is 5.75 Å². The molecule has 2 N–H and O–H groups in total. The summed E-state index contributed by atoms with van der Waals surface area (Å²) in [7, 11) is 0. The third-order valence-electron chi connectivity index (χ3n) is 3.22. The monoisotopic (exact) mass is 343 g/mol. The maximum atomic E-state index is 11.9. The van der Waals surface area contributed by atoms with Gasteiger partial charge in [0.15, 0.2) is 0 Å². The number of hydrogen-bond acceptors (Lipinski definition) is 5. The van der Waals surface area contributed by atoms with Crippen LogP contribution in [0.5, 0.6) is 5.75 Å². The topological polar surface area (TPSA) is 111 Å². The smallest absolute Gasteiger partial charge is 0.270 e. The van der Waals surface area contributed by atoms with Crippen molar-refractivity contribution < 1.29 is 19.2 Å². The Labute approximate surface area is 143 Å². The Hall–Kier alpha value is -3.42. The SMILES string of the molecule is Cc1cccc(OCCC(=O)NNC(=O)c2cccc([N+](=O)[O-])c2)c1. The third-order valence-corrected chi connectivity index (χ3v) is 3.22. The van der Waals surface area contributed by atoms with Gasteiger partial charge in [0, 0.05) is 17.7 Å². The Kier molecular flexibility index (Phi) is 6.05. The summed E-state index contributed by atoms with van der Waals surface area (Å²) in [4.78, 5) is 33.7. The normalized spacial score (nSPS) is 9.96. The van der Waals surface area contributed by atoms with Gasteiger partial charge in [-0.15, -0.1) is 0 Å². The minimum atomic E-state index is -0.642. The lowest BCUT2D eigenvalue weighted by molar-refractivity contribution is -0.384. The number of nitrogens with zero attached hydrogens (tertiary/aromatic N) is 1. The molecule has 8 nitrogen and oxygen atoms in total. The van der Waals surface area contributed by atoms with Crippen LogP contribution in [0.4, 0.5) is 5.69 Å². The number of nitro benzene ring substituents is 1. The number of aryl methyl sites for hydroxylation is 1. The maximum Gasteiger partial charge on any atom is 0.270 e. The second kappa shape index (κ2) is 8.44. The molecule has 130 valence electrons. The molecule has 0 saturated heterocycles. The van der Waals surface area contributed by atoms with Crippen molar-refractivity contribution in [1.82, 2.24) is 10.9 Å². The molecule has 0 aromatic heterocycles. The fraction of sp³-hybridized carbons (Fsp3) is 0.176. The van der Waals surface area contributed by atoms with Gasteiger partial charge in [-0.2, -0.15) is 0 Å². The summed E-state index contributed by atoms with van der Waals surface area (Å²) in [6.07, 6.45) is 0.0448. The van der Waals surface area contributed by atoms with Crippen molar-refractivity contribution in [2.24, 2.45) is 0 Å². The molecule has 0 aliphatic rings. The average molecular weight is 343 g/mol. The van der Waals surface area contributed by atoms with Crippen LogP contribution in [0.25, 0.3) is 0 Å². The lowest BCUT2D eigenvalue weighted by Gasteiger charge is -2.09. The van der Waals surface area contributed by atoms with Gasteiger partial charge in [0.05, 0.1) is 18.0 Å². The highest BCUT2D eigenvalue weighted by molar-refractivity contribution is 5.95. The number of rotatable bonds is 6. The van der Waals surface area contributed by atoms with Gasteiger partial charge in [-0.05, 0) is 30.7 Å². The number of carbonyl (C=O) groups is 2. The first-order valence-corrected chi connectivity index (χ1v) is 7.49. The van der Waals surface area contributed by atoms with Crippen molar-refractivity contribution in [3.05, 3.63) is 69.8 Å². The Balaban J connectivity index is 1.76. The van der Waals surface area contributed by atoms with E-state index >= 15 is 0 Å². The van der Waals surface area contributed by atoms with Gasteiger partial charge < -0.3 is 4.74 Å². The number of ether oxygens (including phenoxy) is 1.